The highest BCUT2D eigenvalue weighted by Crippen LogP contribution is 2.34. The van der Waals surface area contributed by atoms with E-state index in [1.54, 1.807) is 124 Å². The lowest BCUT2D eigenvalue weighted by atomic mass is 9.92. The van der Waals surface area contributed by atoms with Crippen molar-refractivity contribution in [1.82, 2.24) is 15.1 Å². The molecule has 0 unspecified atom stereocenters. The van der Waals surface area contributed by atoms with Crippen molar-refractivity contribution in [3.63, 3.8) is 0 Å². The first-order valence-electron chi connectivity index (χ1n) is 27.6. The lowest BCUT2D eigenvalue weighted by Gasteiger charge is -2.19. The number of methoxy groups -OCH3 is 1. The number of fused-ring (bicyclic) bond motifs is 3. The first-order valence-corrected chi connectivity index (χ1v) is 33.1. The molecule has 29 heteroatoms. The van der Waals surface area contributed by atoms with Crippen molar-refractivity contribution in [1.29, 1.82) is 0 Å². The lowest BCUT2D eigenvalue weighted by Crippen LogP contribution is -2.24. The molecule has 0 aliphatic heterocycles. The minimum Gasteiger partial charge on any atom is -0.495 e. The van der Waals surface area contributed by atoms with Gasteiger partial charge in [0.25, 0.3) is 30.1 Å². The van der Waals surface area contributed by atoms with E-state index in [0.717, 1.165) is 0 Å². The number of carbonyl (C=O) groups excluding carboxylic acids is 6. The molecule has 0 saturated carbocycles. The second kappa shape index (κ2) is 27.3. The molecule has 6 N–H and O–H groups in total. The van der Waals surface area contributed by atoms with Crippen LogP contribution in [0.2, 0.25) is 0 Å². The molecule has 0 fully saturated rings. The van der Waals surface area contributed by atoms with Gasteiger partial charge >= 0.3 is 0 Å². The van der Waals surface area contributed by atoms with Gasteiger partial charge in [0, 0.05) is 67.9 Å². The van der Waals surface area contributed by atoms with Crippen LogP contribution in [0.1, 0.15) is 79.1 Å². The van der Waals surface area contributed by atoms with Crippen LogP contribution in [0.3, 0.4) is 0 Å². The molecule has 0 radical (unpaired) electrons. The van der Waals surface area contributed by atoms with Gasteiger partial charge in [0.2, 0.25) is 46.5 Å². The normalized spacial score (nSPS) is 13.7. The summed E-state index contributed by atoms with van der Waals surface area (Å²) in [6, 6.07) is 44.4. The molecule has 0 spiro atoms. The van der Waals surface area contributed by atoms with Crippen molar-refractivity contribution in [3.05, 3.63) is 265 Å². The van der Waals surface area contributed by atoms with Gasteiger partial charge in [-0.1, -0.05) is 125 Å². The summed E-state index contributed by atoms with van der Waals surface area (Å²) >= 11 is 18.4. The van der Waals surface area contributed by atoms with E-state index in [1.807, 2.05) is 0 Å². The fraction of sp³-hybridized carbons (Fsp3) is 0.0615. The number of hydrogen-bond donors (Lipinski definition) is 6. The number of anilines is 6. The second-order valence-electron chi connectivity index (χ2n) is 20.4. The predicted molar refractivity (Wildman–Crippen MR) is 352 cm³/mol. The number of ether oxygens (including phenoxy) is 1. The Bertz CT molecular complexity index is 5080. The van der Waals surface area contributed by atoms with Crippen molar-refractivity contribution < 1.29 is 63.3 Å². The average Bonchev–Trinajstić information content (AvgIpc) is 0.917. The summed E-state index contributed by atoms with van der Waals surface area (Å²) < 4.78 is 93.1. The molecule has 2 heterocycles. The first kappa shape index (κ1) is 66.3. The minimum absolute atomic E-state index is 0.00502. The van der Waals surface area contributed by atoms with Gasteiger partial charge in [0.15, 0.2) is 0 Å². The molecule has 2 aromatic heterocycles. The van der Waals surface area contributed by atoms with Crippen LogP contribution in [-0.4, -0.2) is 82.2 Å². The van der Waals surface area contributed by atoms with E-state index in [1.165, 1.54) is 86.1 Å². The van der Waals surface area contributed by atoms with Crippen LogP contribution in [0.25, 0.3) is 0 Å². The van der Waals surface area contributed by atoms with E-state index in [2.05, 4.69) is 45.2 Å². The maximum absolute atomic E-state index is 12.8. The van der Waals surface area contributed by atoms with Crippen molar-refractivity contribution in [2.24, 2.45) is 0 Å². The molecular formula is C65H48Cl3N9O14S3. The van der Waals surface area contributed by atoms with Crippen molar-refractivity contribution in [2.75, 3.05) is 37.2 Å². The van der Waals surface area contributed by atoms with E-state index in [-0.39, 0.29) is 92.1 Å². The molecule has 94 heavy (non-hydrogen) atoms. The number of carbonyl (C=O) groups is 6. The number of aromatic nitrogens is 3. The maximum atomic E-state index is 12.8. The summed E-state index contributed by atoms with van der Waals surface area (Å²) in [4.78, 5) is 83.6. The fourth-order valence-electron chi connectivity index (χ4n) is 9.26. The highest BCUT2D eigenvalue weighted by molar-refractivity contribution is 7.93. The minimum atomic E-state index is -3.91. The first-order chi connectivity index (χ1) is 44.8. The molecule has 23 nitrogen and oxygen atoms in total. The van der Waals surface area contributed by atoms with E-state index in [4.69, 9.17) is 44.1 Å². The van der Waals surface area contributed by atoms with Gasteiger partial charge in [-0.3, -0.25) is 33.5 Å². The Morgan fingerprint density at radius 3 is 1.11 bits per heavy atom. The number of nitrogens with one attached hydrogen (secondary N) is 6. The zero-order valence-corrected chi connectivity index (χ0v) is 54.0. The number of nitrogens with zero attached hydrogens (tertiary/aromatic N) is 3. The highest BCUT2D eigenvalue weighted by Gasteiger charge is 2.34. The Hall–Kier alpha value is -10.6. The number of allylic oxidation sites excluding steroid dienone is 6. The number of rotatable bonds is 16. The quantitative estimate of drug-likeness (QED) is 0.0523. The summed E-state index contributed by atoms with van der Waals surface area (Å²) in [6.07, 6.45) is 1.45. The van der Waals surface area contributed by atoms with Gasteiger partial charge in [-0.05, 0) is 112 Å². The summed E-state index contributed by atoms with van der Waals surface area (Å²) in [6.45, 7) is 5.11. The molecule has 12 rings (SSSR count). The maximum Gasteiger partial charge on any atom is 0.264 e. The van der Waals surface area contributed by atoms with Gasteiger partial charge < -0.3 is 25.2 Å². The highest BCUT2D eigenvalue weighted by atomic mass is 35.5. The summed E-state index contributed by atoms with van der Waals surface area (Å²) in [7, 11) is -10.3. The van der Waals surface area contributed by atoms with Crippen LogP contribution in [0.4, 0.5) is 34.6 Å². The largest absolute Gasteiger partial charge is 0.495 e. The Morgan fingerprint density at radius 2 is 0.755 bits per heavy atom. The van der Waals surface area contributed by atoms with Crippen LogP contribution in [-0.2, 0) is 30.1 Å². The number of ketones is 6. The summed E-state index contributed by atoms with van der Waals surface area (Å²) in [5.74, 6) is -2.24. The number of benzene rings is 7. The van der Waals surface area contributed by atoms with Crippen LogP contribution in [0, 0.1) is 20.8 Å². The molecule has 0 bridgehead atoms. The standard InChI is InChI=1S/C23H17ClN2O5S.C21H15ClN4O4S.C21H16ClN3O5S/c1-31-19-9-5-4-8-18(19)26-32(29,30)15-12-10-14(11-13-15)25-21-20(24)22(27)16-6-2-3-7-17(16)23(21)28;1-12-10-11-23-21(24-12)26-31(29,30)14-8-6-13(7-9-14)25-18-17(22)19(27)15-4-2-3-5-16(15)20(18)28;1-11-12(2)24-30-21(11)25-31(28,29)14-9-7-13(8-10-14)23-18-17(22)19(26)15-5-3-4-6-16(15)20(18)27/h2-13,25-26H,1H3;2-11,25H,1H3,(H,23,24,26);3-10,23,25H,1-2H3. The number of sulfonamides is 3. The molecule has 9 aromatic rings. The number of aryl methyl sites for hydroxylation is 2. The number of Topliss-reactive ketones (excluding diaryl/α,β-unsaturated/α-hetero) is 6. The monoisotopic (exact) mass is 1380 g/mol. The van der Waals surface area contributed by atoms with Crippen molar-refractivity contribution in [3.8, 4) is 5.75 Å². The summed E-state index contributed by atoms with van der Waals surface area (Å²) in [5, 5.41) is 11.5. The van der Waals surface area contributed by atoms with Gasteiger partial charge in [0.1, 0.15) is 37.9 Å². The molecule has 7 aromatic carbocycles. The molecule has 0 saturated heterocycles. The third-order valence-electron chi connectivity index (χ3n) is 14.2. The fourth-order valence-corrected chi connectivity index (χ4v) is 13.0. The lowest BCUT2D eigenvalue weighted by molar-refractivity contribution is 0.0982. The van der Waals surface area contributed by atoms with E-state index in [9.17, 15) is 54.0 Å². The van der Waals surface area contributed by atoms with Crippen molar-refractivity contribution >= 4 is 134 Å². The van der Waals surface area contributed by atoms with Gasteiger partial charge in [0.05, 0.1) is 33.2 Å². The predicted octanol–water partition coefficient (Wildman–Crippen LogP) is 12.0. The van der Waals surface area contributed by atoms with Crippen LogP contribution >= 0.6 is 34.8 Å². The molecule has 0 atom stereocenters. The Labute approximate surface area is 552 Å². The average molecular weight is 1380 g/mol. The summed E-state index contributed by atoms with van der Waals surface area (Å²) in [5.41, 5.74) is 4.57. The number of halogens is 3. The van der Waals surface area contributed by atoms with E-state index >= 15 is 0 Å². The molecule has 3 aliphatic carbocycles. The molecule has 0 amide bonds. The van der Waals surface area contributed by atoms with Crippen LogP contribution < -0.4 is 34.9 Å². The third kappa shape index (κ3) is 14.1. The van der Waals surface area contributed by atoms with E-state index < -0.39 is 64.8 Å². The zero-order valence-electron chi connectivity index (χ0n) is 49.2. The zero-order chi connectivity index (χ0) is 67.4. The molecule has 476 valence electrons. The Kier molecular flexibility index (Phi) is 19.3. The Balaban J connectivity index is 0.000000154. The van der Waals surface area contributed by atoms with Crippen LogP contribution in [0.5, 0.6) is 5.75 Å². The molecule has 3 aliphatic rings. The smallest absolute Gasteiger partial charge is 0.264 e. The van der Waals surface area contributed by atoms with Gasteiger partial charge in [-0.25, -0.2) is 44.7 Å². The van der Waals surface area contributed by atoms with Gasteiger partial charge in [-0.2, -0.15) is 0 Å². The molecular weight excluding hydrogens is 1330 g/mol. The van der Waals surface area contributed by atoms with Crippen molar-refractivity contribution in [2.45, 2.75) is 35.5 Å². The number of para-hydroxylation sites is 2. The van der Waals surface area contributed by atoms with Crippen LogP contribution in [0.15, 0.2) is 234 Å². The van der Waals surface area contributed by atoms with Gasteiger partial charge in [-0.15, -0.1) is 0 Å². The van der Waals surface area contributed by atoms with E-state index in [0.29, 0.717) is 45.5 Å². The third-order valence-corrected chi connectivity index (χ3v) is 19.4. The Morgan fingerprint density at radius 1 is 0.415 bits per heavy atom. The topological polar surface area (TPSA) is 338 Å². The second-order valence-corrected chi connectivity index (χ2v) is 26.6. The SMILES string of the molecule is COc1ccccc1NS(=O)(=O)c1ccc(NC2=C(Cl)C(=O)c3ccccc3C2=O)cc1.Cc1ccnc(NS(=O)(=O)c2ccc(NC3=C(Cl)C(=O)c4ccccc4C3=O)cc2)n1.Cc1noc(NS(=O)(=O)c2ccc(NC3=C(Cl)C(=O)c4ccccc4C3=O)cc2)c1C. The number of hydrogen-bond acceptors (Lipinski definition) is 20.